The van der Waals surface area contributed by atoms with Gasteiger partial charge in [0.2, 0.25) is 6.10 Å². The lowest BCUT2D eigenvalue weighted by molar-refractivity contribution is 1.37. The lowest BCUT2D eigenvalue weighted by atomic mass is 9.89. The van der Waals surface area contributed by atoms with Crippen molar-refractivity contribution in [3.63, 3.8) is 0 Å². The molecule has 0 bridgehead atoms. The predicted octanol–water partition coefficient (Wildman–Crippen LogP) is 1.68. The maximum absolute atomic E-state index is 3.44. The summed E-state index contributed by atoms with van der Waals surface area (Å²) in [5.41, 5.74) is 4.16. The van der Waals surface area contributed by atoms with Gasteiger partial charge < -0.3 is 0 Å². The highest BCUT2D eigenvalue weighted by molar-refractivity contribution is 9.23. The average molecular weight is 197 g/mol. The van der Waals surface area contributed by atoms with Crippen LogP contribution < -0.4 is 5.46 Å². The van der Waals surface area contributed by atoms with E-state index in [1.54, 1.807) is 0 Å². The van der Waals surface area contributed by atoms with Crippen molar-refractivity contribution in [1.82, 2.24) is 0 Å². The third-order valence-electron chi connectivity index (χ3n) is 1.86. The van der Waals surface area contributed by atoms with Gasteiger partial charge in [-0.05, 0) is 19.4 Å². The van der Waals surface area contributed by atoms with E-state index in [0.717, 1.165) is 6.10 Å². The molecule has 1 aromatic rings. The molecule has 0 atom stereocenters. The van der Waals surface area contributed by atoms with Crippen molar-refractivity contribution in [3.8, 4) is 0 Å². The minimum Gasteiger partial charge on any atom is -0.155 e. The van der Waals surface area contributed by atoms with Crippen LogP contribution in [0.3, 0.4) is 0 Å². The van der Waals surface area contributed by atoms with Crippen LogP contribution in [0.1, 0.15) is 11.1 Å². The summed E-state index contributed by atoms with van der Waals surface area (Å²) in [7, 11) is 0. The normalized spacial score (nSPS) is 9.50. The molecule has 0 spiro atoms. The van der Waals surface area contributed by atoms with Gasteiger partial charge in [-0.3, -0.25) is 0 Å². The molecule has 0 heterocycles. The highest BCUT2D eigenvalue weighted by Crippen LogP contribution is 2.02. The first-order valence-electron chi connectivity index (χ1n) is 3.36. The topological polar surface area (TPSA) is 0 Å². The Balaban J connectivity index is 3.14. The van der Waals surface area contributed by atoms with Gasteiger partial charge in [0.15, 0.2) is 0 Å². The molecule has 0 nitrogen and oxygen atoms in total. The molecule has 10 heavy (non-hydrogen) atoms. The number of rotatable bonds is 1. The van der Waals surface area contributed by atoms with Crippen LogP contribution in [0.25, 0.3) is 0 Å². The van der Waals surface area contributed by atoms with Gasteiger partial charge in [-0.15, -0.1) is 0 Å². The van der Waals surface area contributed by atoms with E-state index in [4.69, 9.17) is 0 Å². The highest BCUT2D eigenvalue weighted by Gasteiger charge is 1.97. The molecule has 52 valence electrons. The Bertz CT molecular complexity index is 233. The maximum Gasteiger partial charge on any atom is 0.237 e. The van der Waals surface area contributed by atoms with Gasteiger partial charge in [0.1, 0.15) is 0 Å². The van der Waals surface area contributed by atoms with Crippen molar-refractivity contribution in [1.29, 1.82) is 0 Å². The van der Waals surface area contributed by atoms with Gasteiger partial charge in [0.05, 0.1) is 0 Å². The molecule has 0 aliphatic carbocycles. The van der Waals surface area contributed by atoms with Gasteiger partial charge in [-0.2, -0.15) is 15.8 Å². The molecule has 0 amide bonds. The molecular weight excluding hydrogens is 187 g/mol. The third kappa shape index (κ3) is 1.43. The van der Waals surface area contributed by atoms with Gasteiger partial charge in [0.25, 0.3) is 0 Å². The molecule has 0 N–H and O–H groups in total. The van der Waals surface area contributed by atoms with E-state index >= 15 is 0 Å². The molecule has 0 saturated heterocycles. The van der Waals surface area contributed by atoms with Gasteiger partial charge in [-0.25, -0.2) is 0 Å². The summed E-state index contributed by atoms with van der Waals surface area (Å²) < 4.78 is 0. The zero-order valence-electron chi connectivity index (χ0n) is 6.32. The first-order chi connectivity index (χ1) is 4.75. The van der Waals surface area contributed by atoms with Crippen molar-refractivity contribution in [3.05, 3.63) is 29.3 Å². The number of aryl methyl sites for hydroxylation is 1. The molecule has 1 rings (SSSR count). The van der Waals surface area contributed by atoms with Crippen molar-refractivity contribution in [2.45, 2.75) is 13.8 Å². The minimum absolute atomic E-state index is 0.959. The number of hydrogen-bond donors (Lipinski definition) is 0. The third-order valence-corrected chi connectivity index (χ3v) is 2.46. The van der Waals surface area contributed by atoms with Crippen LogP contribution in [0, 0.1) is 13.8 Å². The molecule has 0 fully saturated rings. The van der Waals surface area contributed by atoms with Crippen molar-refractivity contribution < 1.29 is 0 Å². The zero-order chi connectivity index (χ0) is 7.56. The van der Waals surface area contributed by atoms with Crippen LogP contribution in [0.5, 0.6) is 0 Å². The number of hydrogen-bond acceptors (Lipinski definition) is 0. The Hall–Kier alpha value is -0.235. The van der Waals surface area contributed by atoms with E-state index in [0.29, 0.717) is 0 Å². The van der Waals surface area contributed by atoms with Crippen LogP contribution in [-0.4, -0.2) is 6.10 Å². The smallest absolute Gasteiger partial charge is 0.155 e. The van der Waals surface area contributed by atoms with E-state index in [9.17, 15) is 0 Å². The largest absolute Gasteiger partial charge is 0.237 e. The van der Waals surface area contributed by atoms with E-state index in [2.05, 4.69) is 47.8 Å². The highest BCUT2D eigenvalue weighted by atomic mass is 79.9. The summed E-state index contributed by atoms with van der Waals surface area (Å²) in [6, 6.07) is 6.39. The van der Waals surface area contributed by atoms with E-state index in [-0.39, 0.29) is 0 Å². The first kappa shape index (κ1) is 7.87. The molecule has 0 aliphatic rings. The monoisotopic (exact) mass is 196 g/mol. The maximum atomic E-state index is 3.44. The molecule has 1 aromatic carbocycles. The lowest BCUT2D eigenvalue weighted by Gasteiger charge is -2.03. The molecule has 0 aliphatic heterocycles. The van der Waals surface area contributed by atoms with Crippen LogP contribution in [0.2, 0.25) is 0 Å². The molecular formula is C8H10BBr. The average Bonchev–Trinajstić information content (AvgIpc) is 1.95. The SMILES string of the molecule is Cc1cccc(BBr)c1C. The number of halogens is 1. The Morgan fingerprint density at radius 1 is 1.30 bits per heavy atom. The summed E-state index contributed by atoms with van der Waals surface area (Å²) in [4.78, 5) is 0. The van der Waals surface area contributed by atoms with Crippen molar-refractivity contribution >= 4 is 27.3 Å². The Labute approximate surface area is 70.9 Å². The lowest BCUT2D eigenvalue weighted by Crippen LogP contribution is -2.12. The standard InChI is InChI=1S/C8H10BBr/c1-6-4-3-5-8(9-10)7(6)2/h3-5,9H,1-2H3. The fraction of sp³-hybridized carbons (Fsp3) is 0.250. The van der Waals surface area contributed by atoms with Crippen LogP contribution >= 0.6 is 15.8 Å². The second kappa shape index (κ2) is 3.24. The van der Waals surface area contributed by atoms with E-state index in [1.807, 2.05) is 0 Å². The quantitative estimate of drug-likeness (QED) is 0.600. The summed E-state index contributed by atoms with van der Waals surface area (Å²) in [6.45, 7) is 4.30. The van der Waals surface area contributed by atoms with Crippen LogP contribution in [-0.2, 0) is 0 Å². The fourth-order valence-electron chi connectivity index (χ4n) is 0.957. The van der Waals surface area contributed by atoms with Gasteiger partial charge in [0, 0.05) is 0 Å². The van der Waals surface area contributed by atoms with E-state index in [1.165, 1.54) is 16.6 Å². The Kier molecular flexibility index (Phi) is 2.55. The first-order valence-corrected chi connectivity index (χ1v) is 4.49. The zero-order valence-corrected chi connectivity index (χ0v) is 7.90. The van der Waals surface area contributed by atoms with Crippen LogP contribution in [0.4, 0.5) is 0 Å². The summed E-state index contributed by atoms with van der Waals surface area (Å²) >= 11 is 3.44. The Morgan fingerprint density at radius 3 is 2.50 bits per heavy atom. The van der Waals surface area contributed by atoms with Gasteiger partial charge >= 0.3 is 0 Å². The summed E-state index contributed by atoms with van der Waals surface area (Å²) in [5, 5.41) is 0. The fourth-order valence-corrected chi connectivity index (χ4v) is 1.56. The van der Waals surface area contributed by atoms with Crippen molar-refractivity contribution in [2.75, 3.05) is 0 Å². The predicted molar refractivity (Wildman–Crippen MR) is 51.6 cm³/mol. The second-order valence-electron chi connectivity index (χ2n) is 2.49. The molecule has 2 heteroatoms. The van der Waals surface area contributed by atoms with Gasteiger partial charge in [-0.1, -0.05) is 29.2 Å². The van der Waals surface area contributed by atoms with Crippen LogP contribution in [0.15, 0.2) is 18.2 Å². The number of benzene rings is 1. The Morgan fingerprint density at radius 2 is 2.00 bits per heavy atom. The van der Waals surface area contributed by atoms with Crippen molar-refractivity contribution in [2.24, 2.45) is 0 Å². The molecule has 0 saturated carbocycles. The minimum atomic E-state index is 0.959. The van der Waals surface area contributed by atoms with E-state index < -0.39 is 0 Å². The summed E-state index contributed by atoms with van der Waals surface area (Å²) in [5.74, 6) is 0. The second-order valence-corrected chi connectivity index (χ2v) is 3.05. The molecule has 0 aromatic heterocycles. The summed E-state index contributed by atoms with van der Waals surface area (Å²) in [6.07, 6.45) is 0.959. The molecule has 0 unspecified atom stereocenters. The molecule has 0 radical (unpaired) electrons.